The van der Waals surface area contributed by atoms with E-state index in [1.54, 1.807) is 12.1 Å². The maximum absolute atomic E-state index is 11.4. The highest BCUT2D eigenvalue weighted by atomic mass is 35.7. The van der Waals surface area contributed by atoms with Crippen LogP contribution in [0.25, 0.3) is 0 Å². The van der Waals surface area contributed by atoms with Gasteiger partial charge in [0.15, 0.2) is 0 Å². The predicted molar refractivity (Wildman–Crippen MR) is 76.4 cm³/mol. The van der Waals surface area contributed by atoms with Gasteiger partial charge in [-0.1, -0.05) is 20.8 Å². The number of benzene rings is 1. The second-order valence-electron chi connectivity index (χ2n) is 6.10. The first-order valence-corrected chi connectivity index (χ1v) is 8.71. The molecule has 0 bridgehead atoms. The van der Waals surface area contributed by atoms with Gasteiger partial charge < -0.3 is 4.74 Å². The highest BCUT2D eigenvalue weighted by molar-refractivity contribution is 8.13. The SMILES string of the molecule is CC(C)(C)c1cc(S(=O)(=O)Cl)ccc1OCC1CC1. The molecule has 106 valence electrons. The van der Waals surface area contributed by atoms with Gasteiger partial charge in [-0.05, 0) is 42.4 Å². The van der Waals surface area contributed by atoms with Crippen LogP contribution < -0.4 is 4.74 Å². The molecule has 0 saturated heterocycles. The Balaban J connectivity index is 2.36. The minimum absolute atomic E-state index is 0.123. The molecule has 1 aromatic carbocycles. The van der Waals surface area contributed by atoms with Crippen molar-refractivity contribution in [2.75, 3.05) is 6.61 Å². The molecule has 1 saturated carbocycles. The first-order chi connectivity index (χ1) is 8.68. The van der Waals surface area contributed by atoms with Crippen LogP contribution in [0.3, 0.4) is 0 Å². The second kappa shape index (κ2) is 4.98. The van der Waals surface area contributed by atoms with Crippen molar-refractivity contribution in [1.29, 1.82) is 0 Å². The molecule has 19 heavy (non-hydrogen) atoms. The molecule has 0 N–H and O–H groups in total. The smallest absolute Gasteiger partial charge is 0.261 e. The summed E-state index contributed by atoms with van der Waals surface area (Å²) in [4.78, 5) is 0.123. The van der Waals surface area contributed by atoms with Crippen molar-refractivity contribution in [2.45, 2.75) is 43.9 Å². The molecule has 0 spiro atoms. The third-order valence-electron chi connectivity index (χ3n) is 3.21. The first-order valence-electron chi connectivity index (χ1n) is 6.40. The van der Waals surface area contributed by atoms with Crippen LogP contribution in [0.5, 0.6) is 5.75 Å². The third-order valence-corrected chi connectivity index (χ3v) is 4.56. The van der Waals surface area contributed by atoms with E-state index in [0.717, 1.165) is 11.3 Å². The summed E-state index contributed by atoms with van der Waals surface area (Å²) in [6.45, 7) is 6.78. The maximum atomic E-state index is 11.4. The van der Waals surface area contributed by atoms with Gasteiger partial charge in [-0.15, -0.1) is 0 Å². The van der Waals surface area contributed by atoms with E-state index in [9.17, 15) is 8.42 Å². The monoisotopic (exact) mass is 302 g/mol. The van der Waals surface area contributed by atoms with Crippen LogP contribution in [0.2, 0.25) is 0 Å². The van der Waals surface area contributed by atoms with Crippen molar-refractivity contribution in [1.82, 2.24) is 0 Å². The van der Waals surface area contributed by atoms with Crippen molar-refractivity contribution in [2.24, 2.45) is 5.92 Å². The average Bonchev–Trinajstić information content (AvgIpc) is 3.07. The summed E-state index contributed by atoms with van der Waals surface area (Å²) < 4.78 is 28.7. The molecule has 0 unspecified atom stereocenters. The molecule has 3 nitrogen and oxygen atoms in total. The molecule has 1 aromatic rings. The molecule has 0 heterocycles. The van der Waals surface area contributed by atoms with Gasteiger partial charge in [0.2, 0.25) is 0 Å². The Morgan fingerprint density at radius 1 is 1.32 bits per heavy atom. The first kappa shape index (κ1) is 14.7. The van der Waals surface area contributed by atoms with Gasteiger partial charge >= 0.3 is 0 Å². The van der Waals surface area contributed by atoms with E-state index in [2.05, 4.69) is 0 Å². The van der Waals surface area contributed by atoms with Crippen LogP contribution in [0.4, 0.5) is 0 Å². The van der Waals surface area contributed by atoms with Gasteiger partial charge in [0.25, 0.3) is 9.05 Å². The Morgan fingerprint density at radius 3 is 2.42 bits per heavy atom. The van der Waals surface area contributed by atoms with E-state index >= 15 is 0 Å². The van der Waals surface area contributed by atoms with Gasteiger partial charge in [-0.3, -0.25) is 0 Å². The molecule has 0 amide bonds. The van der Waals surface area contributed by atoms with E-state index in [1.807, 2.05) is 20.8 Å². The zero-order valence-electron chi connectivity index (χ0n) is 11.4. The third kappa shape index (κ3) is 3.86. The summed E-state index contributed by atoms with van der Waals surface area (Å²) in [6.07, 6.45) is 2.44. The minimum Gasteiger partial charge on any atom is -0.493 e. The van der Waals surface area contributed by atoms with Crippen molar-refractivity contribution < 1.29 is 13.2 Å². The molecular weight excluding hydrogens is 284 g/mol. The quantitative estimate of drug-likeness (QED) is 0.797. The van der Waals surface area contributed by atoms with Crippen molar-refractivity contribution in [3.05, 3.63) is 23.8 Å². The number of rotatable bonds is 4. The fraction of sp³-hybridized carbons (Fsp3) is 0.571. The lowest BCUT2D eigenvalue weighted by Gasteiger charge is -2.23. The van der Waals surface area contributed by atoms with Crippen molar-refractivity contribution in [3.8, 4) is 5.75 Å². The second-order valence-corrected chi connectivity index (χ2v) is 8.67. The lowest BCUT2D eigenvalue weighted by molar-refractivity contribution is 0.291. The van der Waals surface area contributed by atoms with E-state index < -0.39 is 9.05 Å². The largest absolute Gasteiger partial charge is 0.493 e. The molecule has 1 fully saturated rings. The van der Waals surface area contributed by atoms with Crippen molar-refractivity contribution in [3.63, 3.8) is 0 Å². The number of hydrogen-bond acceptors (Lipinski definition) is 3. The minimum atomic E-state index is -3.70. The van der Waals surface area contributed by atoms with Gasteiger partial charge in [0.05, 0.1) is 11.5 Å². The maximum Gasteiger partial charge on any atom is 0.261 e. The van der Waals surface area contributed by atoms with Gasteiger partial charge in [-0.2, -0.15) is 0 Å². The van der Waals surface area contributed by atoms with Gasteiger partial charge in [-0.25, -0.2) is 8.42 Å². The number of halogens is 1. The molecule has 0 aliphatic heterocycles. The van der Waals surface area contributed by atoms with Crippen LogP contribution in [-0.2, 0) is 14.5 Å². The summed E-state index contributed by atoms with van der Waals surface area (Å²) in [5.41, 5.74) is 0.672. The Labute approximate surface area is 119 Å². The molecular formula is C14H19ClO3S. The molecule has 2 rings (SSSR count). The lowest BCUT2D eigenvalue weighted by atomic mass is 9.86. The fourth-order valence-electron chi connectivity index (χ4n) is 1.86. The van der Waals surface area contributed by atoms with Crippen LogP contribution in [0, 0.1) is 5.92 Å². The summed E-state index contributed by atoms with van der Waals surface area (Å²) in [6, 6.07) is 4.82. The standard InChI is InChI=1S/C14H19ClO3S/c1-14(2,3)12-8-11(19(15,16)17)6-7-13(12)18-9-10-4-5-10/h6-8,10H,4-5,9H2,1-3H3. The fourth-order valence-corrected chi connectivity index (χ4v) is 2.64. The van der Waals surface area contributed by atoms with Crippen LogP contribution in [0.15, 0.2) is 23.1 Å². The summed E-state index contributed by atoms with van der Waals surface area (Å²) in [5.74, 6) is 1.41. The zero-order chi connectivity index (χ0) is 14.3. The molecule has 0 radical (unpaired) electrons. The Hall–Kier alpha value is -0.740. The summed E-state index contributed by atoms with van der Waals surface area (Å²) >= 11 is 0. The number of ether oxygens (including phenoxy) is 1. The lowest BCUT2D eigenvalue weighted by Crippen LogP contribution is -2.15. The number of hydrogen-bond donors (Lipinski definition) is 0. The average molecular weight is 303 g/mol. The van der Waals surface area contributed by atoms with Crippen LogP contribution in [0.1, 0.15) is 39.2 Å². The Bertz CT molecular complexity index is 569. The van der Waals surface area contributed by atoms with Gasteiger partial charge in [0, 0.05) is 16.2 Å². The normalized spacial score (nSPS) is 16.4. The summed E-state index contributed by atoms with van der Waals surface area (Å²) in [7, 11) is 1.70. The molecule has 5 heteroatoms. The van der Waals surface area contributed by atoms with E-state index in [4.69, 9.17) is 15.4 Å². The zero-order valence-corrected chi connectivity index (χ0v) is 13.0. The van der Waals surface area contributed by atoms with Crippen molar-refractivity contribution >= 4 is 19.7 Å². The highest BCUT2D eigenvalue weighted by Crippen LogP contribution is 2.36. The van der Waals surface area contributed by atoms with Gasteiger partial charge in [0.1, 0.15) is 5.75 Å². The molecule has 0 aromatic heterocycles. The molecule has 1 aliphatic rings. The van der Waals surface area contributed by atoms with E-state index in [-0.39, 0.29) is 10.3 Å². The van der Waals surface area contributed by atoms with E-state index in [1.165, 1.54) is 18.9 Å². The Morgan fingerprint density at radius 2 is 1.95 bits per heavy atom. The molecule has 0 atom stereocenters. The Kier molecular flexibility index (Phi) is 3.85. The van der Waals surface area contributed by atoms with Crippen LogP contribution >= 0.6 is 10.7 Å². The van der Waals surface area contributed by atoms with E-state index in [0.29, 0.717) is 12.5 Å². The summed E-state index contributed by atoms with van der Waals surface area (Å²) in [5, 5.41) is 0. The van der Waals surface area contributed by atoms with Crippen LogP contribution in [-0.4, -0.2) is 15.0 Å². The predicted octanol–water partition coefficient (Wildman–Crippen LogP) is 3.70. The molecule has 1 aliphatic carbocycles. The topological polar surface area (TPSA) is 43.4 Å². The highest BCUT2D eigenvalue weighted by Gasteiger charge is 2.25.